The number of hydrogen-bond donors (Lipinski definition) is 1. The van der Waals surface area contributed by atoms with E-state index >= 15 is 0 Å². The molecule has 1 aromatic rings. The first-order chi connectivity index (χ1) is 9.93. The Hall–Kier alpha value is -1.22. The lowest BCUT2D eigenvalue weighted by atomic mass is 9.84. The fraction of sp³-hybridized carbons (Fsp3) is 0.667. The van der Waals surface area contributed by atoms with Crippen LogP contribution in [-0.4, -0.2) is 19.8 Å². The van der Waals surface area contributed by atoms with Crippen molar-refractivity contribution in [2.75, 3.05) is 13.7 Å². The first-order valence-corrected chi connectivity index (χ1v) is 8.01. The highest BCUT2D eigenvalue weighted by atomic mass is 16.5. The SMILES string of the molecule is CCCNC1CC(CC(C)(C)C)Oc2ccc(OC)cc21. The normalized spacial score (nSPS) is 21.6. The lowest BCUT2D eigenvalue weighted by molar-refractivity contribution is 0.105. The molecule has 0 aromatic heterocycles. The van der Waals surface area contributed by atoms with Gasteiger partial charge in [-0.25, -0.2) is 0 Å². The van der Waals surface area contributed by atoms with Gasteiger partial charge in [0.15, 0.2) is 0 Å². The van der Waals surface area contributed by atoms with E-state index in [2.05, 4.69) is 39.1 Å². The van der Waals surface area contributed by atoms with Crippen LogP contribution in [0.25, 0.3) is 0 Å². The molecule has 1 aromatic carbocycles. The average Bonchev–Trinajstić information content (AvgIpc) is 2.42. The molecule has 3 nitrogen and oxygen atoms in total. The molecular formula is C18H29NO2. The monoisotopic (exact) mass is 291 g/mol. The van der Waals surface area contributed by atoms with Crippen LogP contribution in [0.1, 0.15) is 58.6 Å². The molecule has 0 aliphatic carbocycles. The van der Waals surface area contributed by atoms with Crippen molar-refractivity contribution in [3.05, 3.63) is 23.8 Å². The van der Waals surface area contributed by atoms with Gasteiger partial charge in [-0.2, -0.15) is 0 Å². The van der Waals surface area contributed by atoms with E-state index in [1.807, 2.05) is 12.1 Å². The maximum atomic E-state index is 6.22. The van der Waals surface area contributed by atoms with E-state index in [9.17, 15) is 0 Å². The van der Waals surface area contributed by atoms with E-state index in [1.165, 1.54) is 5.56 Å². The molecule has 3 heteroatoms. The molecule has 0 saturated carbocycles. The van der Waals surface area contributed by atoms with E-state index in [1.54, 1.807) is 7.11 Å². The second kappa shape index (κ2) is 6.69. The van der Waals surface area contributed by atoms with Gasteiger partial charge in [0.1, 0.15) is 17.6 Å². The number of fused-ring (bicyclic) bond motifs is 1. The smallest absolute Gasteiger partial charge is 0.124 e. The van der Waals surface area contributed by atoms with Crippen molar-refractivity contribution in [2.45, 2.75) is 59.1 Å². The summed E-state index contributed by atoms with van der Waals surface area (Å²) in [6.07, 6.45) is 3.51. The minimum absolute atomic E-state index is 0.278. The van der Waals surface area contributed by atoms with Gasteiger partial charge in [-0.1, -0.05) is 27.7 Å². The Balaban J connectivity index is 2.22. The van der Waals surface area contributed by atoms with Crippen LogP contribution in [0.15, 0.2) is 18.2 Å². The summed E-state index contributed by atoms with van der Waals surface area (Å²) < 4.78 is 11.6. The molecule has 1 aliphatic heterocycles. The maximum Gasteiger partial charge on any atom is 0.124 e. The van der Waals surface area contributed by atoms with Crippen LogP contribution in [-0.2, 0) is 0 Å². The summed E-state index contributed by atoms with van der Waals surface area (Å²) in [6, 6.07) is 6.49. The Morgan fingerprint density at radius 1 is 1.33 bits per heavy atom. The van der Waals surface area contributed by atoms with E-state index in [0.29, 0.717) is 6.04 Å². The van der Waals surface area contributed by atoms with Gasteiger partial charge in [-0.05, 0) is 43.0 Å². The highest BCUT2D eigenvalue weighted by Crippen LogP contribution is 2.39. The summed E-state index contributed by atoms with van der Waals surface area (Å²) in [4.78, 5) is 0. The number of benzene rings is 1. The van der Waals surface area contributed by atoms with Crippen LogP contribution in [0.3, 0.4) is 0 Å². The molecule has 2 atom stereocenters. The molecule has 1 aliphatic rings. The molecule has 2 unspecified atom stereocenters. The minimum atomic E-state index is 0.278. The van der Waals surface area contributed by atoms with Crippen molar-refractivity contribution in [3.63, 3.8) is 0 Å². The second-order valence-electron chi connectivity index (χ2n) is 7.15. The van der Waals surface area contributed by atoms with Gasteiger partial charge in [-0.15, -0.1) is 0 Å². The van der Waals surface area contributed by atoms with Crippen molar-refractivity contribution < 1.29 is 9.47 Å². The number of ether oxygens (including phenoxy) is 2. The first kappa shape index (κ1) is 16.2. The quantitative estimate of drug-likeness (QED) is 0.876. The fourth-order valence-electron chi connectivity index (χ4n) is 2.97. The molecule has 2 rings (SSSR count). The lowest BCUT2D eigenvalue weighted by Crippen LogP contribution is -2.35. The van der Waals surface area contributed by atoms with E-state index in [4.69, 9.17) is 9.47 Å². The van der Waals surface area contributed by atoms with E-state index in [0.717, 1.165) is 37.3 Å². The summed E-state index contributed by atoms with van der Waals surface area (Å²) >= 11 is 0. The molecule has 118 valence electrons. The molecular weight excluding hydrogens is 262 g/mol. The largest absolute Gasteiger partial charge is 0.497 e. The van der Waals surface area contributed by atoms with Gasteiger partial charge >= 0.3 is 0 Å². The van der Waals surface area contributed by atoms with Crippen molar-refractivity contribution in [2.24, 2.45) is 5.41 Å². The molecule has 0 saturated heterocycles. The molecule has 0 spiro atoms. The Kier molecular flexibility index (Phi) is 5.15. The Bertz CT molecular complexity index is 465. The molecule has 21 heavy (non-hydrogen) atoms. The average molecular weight is 291 g/mol. The molecule has 1 N–H and O–H groups in total. The lowest BCUT2D eigenvalue weighted by Gasteiger charge is -2.36. The zero-order valence-electron chi connectivity index (χ0n) is 14.0. The van der Waals surface area contributed by atoms with Crippen molar-refractivity contribution in [1.29, 1.82) is 0 Å². The third kappa shape index (κ3) is 4.37. The van der Waals surface area contributed by atoms with Crippen LogP contribution >= 0.6 is 0 Å². The first-order valence-electron chi connectivity index (χ1n) is 8.01. The van der Waals surface area contributed by atoms with Crippen molar-refractivity contribution in [1.82, 2.24) is 5.32 Å². The van der Waals surface area contributed by atoms with Crippen LogP contribution in [0.4, 0.5) is 0 Å². The minimum Gasteiger partial charge on any atom is -0.497 e. The van der Waals surface area contributed by atoms with Crippen molar-refractivity contribution >= 4 is 0 Å². The second-order valence-corrected chi connectivity index (χ2v) is 7.15. The fourth-order valence-corrected chi connectivity index (χ4v) is 2.97. The highest BCUT2D eigenvalue weighted by molar-refractivity contribution is 5.43. The summed E-state index contributed by atoms with van der Waals surface area (Å²) in [5, 5.41) is 3.66. The summed E-state index contributed by atoms with van der Waals surface area (Å²) in [5.41, 5.74) is 1.51. The third-order valence-corrected chi connectivity index (χ3v) is 3.87. The molecule has 1 heterocycles. The zero-order chi connectivity index (χ0) is 15.5. The van der Waals surface area contributed by atoms with Gasteiger partial charge in [0.05, 0.1) is 7.11 Å². The third-order valence-electron chi connectivity index (χ3n) is 3.87. The topological polar surface area (TPSA) is 30.5 Å². The van der Waals surface area contributed by atoms with Crippen molar-refractivity contribution in [3.8, 4) is 11.5 Å². The summed E-state index contributed by atoms with van der Waals surface area (Å²) in [7, 11) is 1.71. The van der Waals surface area contributed by atoms with Gasteiger partial charge in [0.25, 0.3) is 0 Å². The van der Waals surface area contributed by atoms with Gasteiger partial charge in [0.2, 0.25) is 0 Å². The van der Waals surface area contributed by atoms with Crippen LogP contribution in [0, 0.1) is 5.41 Å². The highest BCUT2D eigenvalue weighted by Gasteiger charge is 2.31. The maximum absolute atomic E-state index is 6.22. The number of hydrogen-bond acceptors (Lipinski definition) is 3. The van der Waals surface area contributed by atoms with Crippen LogP contribution in [0.2, 0.25) is 0 Å². The van der Waals surface area contributed by atoms with Gasteiger partial charge < -0.3 is 14.8 Å². The van der Waals surface area contributed by atoms with Crippen LogP contribution in [0.5, 0.6) is 11.5 Å². The van der Waals surface area contributed by atoms with Gasteiger partial charge in [-0.3, -0.25) is 0 Å². The van der Waals surface area contributed by atoms with Crippen LogP contribution < -0.4 is 14.8 Å². The number of nitrogens with one attached hydrogen (secondary N) is 1. The standard InChI is InChI=1S/C18H29NO2/c1-6-9-19-16-11-14(12-18(2,3)4)21-17-8-7-13(20-5)10-15(16)17/h7-8,10,14,16,19H,6,9,11-12H2,1-5H3. The zero-order valence-corrected chi connectivity index (χ0v) is 14.0. The van der Waals surface area contributed by atoms with E-state index < -0.39 is 0 Å². The molecule has 0 radical (unpaired) electrons. The predicted octanol–water partition coefficient (Wildman–Crippen LogP) is 4.32. The Morgan fingerprint density at radius 2 is 2.10 bits per heavy atom. The summed E-state index contributed by atoms with van der Waals surface area (Å²) in [6.45, 7) is 10.0. The van der Waals surface area contributed by atoms with E-state index in [-0.39, 0.29) is 11.5 Å². The molecule has 0 fully saturated rings. The van der Waals surface area contributed by atoms with Gasteiger partial charge in [0, 0.05) is 18.0 Å². The molecule has 0 bridgehead atoms. The predicted molar refractivity (Wildman–Crippen MR) is 87.1 cm³/mol. The molecule has 0 amide bonds. The summed E-state index contributed by atoms with van der Waals surface area (Å²) in [5.74, 6) is 1.90. The Labute approximate surface area is 129 Å². The number of methoxy groups -OCH3 is 1. The Morgan fingerprint density at radius 3 is 2.71 bits per heavy atom. The number of rotatable bonds is 5.